The summed E-state index contributed by atoms with van der Waals surface area (Å²) in [6.07, 6.45) is 2.78. The molecule has 1 heterocycles. The molecular formula is C7H11O2Se. The van der Waals surface area contributed by atoms with Crippen LogP contribution in [0.1, 0.15) is 26.2 Å². The molecule has 57 valence electrons. The van der Waals surface area contributed by atoms with E-state index in [0.717, 1.165) is 12.8 Å². The van der Waals surface area contributed by atoms with Crippen LogP contribution in [0.2, 0.25) is 4.82 Å². The van der Waals surface area contributed by atoms with Gasteiger partial charge in [0.1, 0.15) is 0 Å². The molecule has 1 aliphatic rings. The van der Waals surface area contributed by atoms with E-state index >= 15 is 0 Å². The molecule has 0 spiro atoms. The topological polar surface area (TPSA) is 26.3 Å². The summed E-state index contributed by atoms with van der Waals surface area (Å²) < 4.78 is 5.04. The zero-order valence-electron chi connectivity index (χ0n) is 6.00. The van der Waals surface area contributed by atoms with Crippen molar-refractivity contribution in [2.24, 2.45) is 0 Å². The van der Waals surface area contributed by atoms with E-state index in [9.17, 15) is 4.79 Å². The maximum absolute atomic E-state index is 10.7. The number of hydrogen-bond acceptors (Lipinski definition) is 2. The Bertz CT molecular complexity index is 136. The minimum absolute atomic E-state index is 0.0535. The van der Waals surface area contributed by atoms with E-state index in [-0.39, 0.29) is 12.1 Å². The summed E-state index contributed by atoms with van der Waals surface area (Å²) in [6.45, 7) is 2.10. The van der Waals surface area contributed by atoms with Gasteiger partial charge in [-0.25, -0.2) is 0 Å². The monoisotopic (exact) mass is 207 g/mol. The van der Waals surface area contributed by atoms with Crippen LogP contribution in [0, 0.1) is 0 Å². The second kappa shape index (κ2) is 3.40. The van der Waals surface area contributed by atoms with Gasteiger partial charge in [-0.05, 0) is 0 Å². The van der Waals surface area contributed by atoms with Gasteiger partial charge in [-0.2, -0.15) is 0 Å². The van der Waals surface area contributed by atoms with Gasteiger partial charge >= 0.3 is 68.6 Å². The van der Waals surface area contributed by atoms with Crippen molar-refractivity contribution < 1.29 is 9.53 Å². The summed E-state index contributed by atoms with van der Waals surface area (Å²) in [6, 6.07) is 0. The summed E-state index contributed by atoms with van der Waals surface area (Å²) >= 11 is 2.96. The van der Waals surface area contributed by atoms with Crippen molar-refractivity contribution in [3.8, 4) is 0 Å². The van der Waals surface area contributed by atoms with Gasteiger partial charge in [0.25, 0.3) is 0 Å². The second-order valence-electron chi connectivity index (χ2n) is 2.56. The van der Waals surface area contributed by atoms with Crippen molar-refractivity contribution >= 4 is 22.0 Å². The molecule has 10 heavy (non-hydrogen) atoms. The Kier molecular flexibility index (Phi) is 2.75. The molecule has 2 nitrogen and oxygen atoms in total. The Morgan fingerprint density at radius 1 is 1.80 bits per heavy atom. The Morgan fingerprint density at radius 3 is 2.90 bits per heavy atom. The van der Waals surface area contributed by atoms with E-state index in [1.165, 1.54) is 0 Å². The van der Waals surface area contributed by atoms with Gasteiger partial charge in [0.15, 0.2) is 0 Å². The first-order valence-electron chi connectivity index (χ1n) is 3.59. The predicted molar refractivity (Wildman–Crippen MR) is 38.9 cm³/mol. The number of carbonyl (C=O) groups is 1. The van der Waals surface area contributed by atoms with Crippen molar-refractivity contribution in [2.45, 2.75) is 37.1 Å². The predicted octanol–water partition coefficient (Wildman–Crippen LogP) is 1.06. The molecule has 0 aliphatic carbocycles. The van der Waals surface area contributed by atoms with E-state index < -0.39 is 0 Å². The number of carbonyl (C=O) groups excluding carboxylic acids is 1. The zero-order valence-corrected chi connectivity index (χ0v) is 7.71. The van der Waals surface area contributed by atoms with Crippen molar-refractivity contribution in [3.05, 3.63) is 0 Å². The van der Waals surface area contributed by atoms with Crippen LogP contribution in [0.15, 0.2) is 0 Å². The van der Waals surface area contributed by atoms with Gasteiger partial charge in [0.05, 0.1) is 0 Å². The van der Waals surface area contributed by atoms with E-state index in [2.05, 4.69) is 22.9 Å². The normalized spacial score (nSPS) is 32.4. The van der Waals surface area contributed by atoms with Crippen molar-refractivity contribution in [3.63, 3.8) is 0 Å². The molecule has 1 saturated heterocycles. The van der Waals surface area contributed by atoms with Gasteiger partial charge in [-0.15, -0.1) is 0 Å². The Balaban J connectivity index is 2.38. The number of hydrogen-bond donors (Lipinski definition) is 0. The molecule has 1 radical (unpaired) electrons. The van der Waals surface area contributed by atoms with Crippen LogP contribution in [-0.2, 0) is 9.53 Å². The number of rotatable bonds is 2. The van der Waals surface area contributed by atoms with Crippen molar-refractivity contribution in [1.29, 1.82) is 0 Å². The van der Waals surface area contributed by atoms with Crippen LogP contribution in [0.4, 0.5) is 0 Å². The second-order valence-corrected chi connectivity index (χ2v) is 3.83. The van der Waals surface area contributed by atoms with Crippen LogP contribution in [0.25, 0.3) is 0 Å². The Morgan fingerprint density at radius 2 is 2.50 bits per heavy atom. The summed E-state index contributed by atoms with van der Waals surface area (Å²) in [5.41, 5.74) is 0. The third-order valence-corrected chi connectivity index (χ3v) is 2.63. The van der Waals surface area contributed by atoms with Crippen LogP contribution in [0.5, 0.6) is 0 Å². The summed E-state index contributed by atoms with van der Waals surface area (Å²) in [5, 5.41) is 0. The molecule has 1 aliphatic heterocycles. The SMILES string of the molecule is CCCC1OC(=O)CC1[Se]. The van der Waals surface area contributed by atoms with Crippen molar-refractivity contribution in [2.75, 3.05) is 0 Å². The summed E-state index contributed by atoms with van der Waals surface area (Å²) in [7, 11) is 0. The van der Waals surface area contributed by atoms with Gasteiger partial charge in [0.2, 0.25) is 0 Å². The van der Waals surface area contributed by atoms with E-state index in [0.29, 0.717) is 11.2 Å². The fourth-order valence-corrected chi connectivity index (χ4v) is 1.81. The van der Waals surface area contributed by atoms with Gasteiger partial charge in [-0.1, -0.05) is 0 Å². The molecule has 0 amide bonds. The van der Waals surface area contributed by atoms with Crippen LogP contribution in [-0.4, -0.2) is 28.1 Å². The van der Waals surface area contributed by atoms with E-state index in [4.69, 9.17) is 4.74 Å². The molecule has 3 heteroatoms. The molecule has 1 fully saturated rings. The fraction of sp³-hybridized carbons (Fsp3) is 0.857. The molecule has 1 rings (SSSR count). The first-order valence-corrected chi connectivity index (χ1v) is 4.58. The molecule has 0 aromatic heterocycles. The van der Waals surface area contributed by atoms with E-state index in [1.54, 1.807) is 0 Å². The first kappa shape index (κ1) is 8.09. The van der Waals surface area contributed by atoms with Crippen molar-refractivity contribution in [1.82, 2.24) is 0 Å². The fourth-order valence-electron chi connectivity index (χ4n) is 1.12. The summed E-state index contributed by atoms with van der Waals surface area (Å²) in [5.74, 6) is -0.0535. The summed E-state index contributed by atoms with van der Waals surface area (Å²) in [4.78, 5) is 11.0. The van der Waals surface area contributed by atoms with Crippen LogP contribution in [0.3, 0.4) is 0 Å². The zero-order chi connectivity index (χ0) is 7.56. The first-order chi connectivity index (χ1) is 4.74. The number of esters is 1. The van der Waals surface area contributed by atoms with Gasteiger partial charge < -0.3 is 0 Å². The molecule has 0 bridgehead atoms. The maximum atomic E-state index is 10.7. The molecule has 2 unspecified atom stereocenters. The molecule has 0 aromatic carbocycles. The van der Waals surface area contributed by atoms with Crippen LogP contribution >= 0.6 is 0 Å². The van der Waals surface area contributed by atoms with Crippen LogP contribution < -0.4 is 0 Å². The minimum atomic E-state index is -0.0535. The quantitative estimate of drug-likeness (QED) is 0.498. The third-order valence-electron chi connectivity index (χ3n) is 1.64. The van der Waals surface area contributed by atoms with Gasteiger partial charge in [0, 0.05) is 0 Å². The molecule has 0 N–H and O–H groups in total. The Hall–Kier alpha value is -0.0105. The third kappa shape index (κ3) is 1.74. The molecule has 0 aromatic rings. The molecular weight excluding hydrogens is 195 g/mol. The molecule has 2 atom stereocenters. The Labute approximate surface area is 69.1 Å². The van der Waals surface area contributed by atoms with E-state index in [1.807, 2.05) is 0 Å². The standard InChI is InChI=1S/C7H11O2Se/c1-2-3-5-6(10)4-7(8)9-5/h5-6H,2-4H2,1H3. The average Bonchev–Trinajstić information content (AvgIpc) is 2.13. The number of cyclic esters (lactones) is 1. The number of ether oxygens (including phenoxy) is 1. The average molecular weight is 206 g/mol. The molecule has 0 saturated carbocycles. The van der Waals surface area contributed by atoms with Gasteiger partial charge in [-0.3, -0.25) is 0 Å².